The summed E-state index contributed by atoms with van der Waals surface area (Å²) in [5.41, 5.74) is 0.749. The second-order valence-electron chi connectivity index (χ2n) is 4.48. The summed E-state index contributed by atoms with van der Waals surface area (Å²) in [7, 11) is 0. The van der Waals surface area contributed by atoms with Crippen molar-refractivity contribution in [2.45, 2.75) is 6.54 Å². The van der Waals surface area contributed by atoms with E-state index < -0.39 is 0 Å². The molecule has 0 aliphatic rings. The van der Waals surface area contributed by atoms with Crippen LogP contribution in [0.15, 0.2) is 53.4 Å². The van der Waals surface area contributed by atoms with E-state index in [1.54, 1.807) is 24.5 Å². The third kappa shape index (κ3) is 3.32. The van der Waals surface area contributed by atoms with Gasteiger partial charge in [-0.05, 0) is 24.3 Å². The lowest BCUT2D eigenvalue weighted by atomic mass is 10.2. The maximum absolute atomic E-state index is 11.8. The molecule has 0 unspecified atom stereocenters. The fourth-order valence-corrected chi connectivity index (χ4v) is 1.92. The molecule has 0 saturated carbocycles. The lowest BCUT2D eigenvalue weighted by molar-refractivity contribution is -0.123. The van der Waals surface area contributed by atoms with Crippen molar-refractivity contribution in [3.05, 3.63) is 54.7 Å². The smallest absolute Gasteiger partial charge is 0.258 e. The van der Waals surface area contributed by atoms with Crippen molar-refractivity contribution in [1.29, 1.82) is 0 Å². The maximum Gasteiger partial charge on any atom is 0.258 e. The van der Waals surface area contributed by atoms with Crippen LogP contribution in [0.2, 0.25) is 0 Å². The van der Waals surface area contributed by atoms with Crippen LogP contribution < -0.4 is 10.1 Å². The number of hydrogen-bond donors (Lipinski definition) is 2. The van der Waals surface area contributed by atoms with Crippen LogP contribution in [0.3, 0.4) is 0 Å². The first-order valence-electron chi connectivity index (χ1n) is 6.69. The van der Waals surface area contributed by atoms with Crippen molar-refractivity contribution in [2.75, 3.05) is 6.61 Å². The average molecular weight is 298 g/mol. The van der Waals surface area contributed by atoms with Gasteiger partial charge in [0, 0.05) is 0 Å². The number of aromatic amines is 1. The number of nitrogens with zero attached hydrogens (tertiary/aromatic N) is 2. The van der Waals surface area contributed by atoms with Crippen LogP contribution in [-0.2, 0) is 11.3 Å². The quantitative estimate of drug-likeness (QED) is 0.723. The number of benzene rings is 1. The molecule has 1 amide bonds. The van der Waals surface area contributed by atoms with E-state index in [1.165, 1.54) is 6.33 Å². The molecule has 3 aromatic rings. The molecule has 0 atom stereocenters. The van der Waals surface area contributed by atoms with E-state index >= 15 is 0 Å². The summed E-state index contributed by atoms with van der Waals surface area (Å²) < 4.78 is 10.7. The average Bonchev–Trinajstić information content (AvgIpc) is 3.24. The molecule has 1 aromatic carbocycles. The first kappa shape index (κ1) is 13.9. The highest BCUT2D eigenvalue weighted by molar-refractivity contribution is 5.77. The van der Waals surface area contributed by atoms with Crippen LogP contribution in [-0.4, -0.2) is 27.7 Å². The van der Waals surface area contributed by atoms with Gasteiger partial charge in [-0.3, -0.25) is 9.89 Å². The number of hydrogen-bond acceptors (Lipinski definition) is 5. The number of furan rings is 1. The minimum atomic E-state index is -0.233. The van der Waals surface area contributed by atoms with Crippen LogP contribution in [0.1, 0.15) is 5.76 Å². The van der Waals surface area contributed by atoms with Crippen LogP contribution in [0, 0.1) is 0 Å². The highest BCUT2D eigenvalue weighted by Crippen LogP contribution is 2.26. The minimum absolute atomic E-state index is 0.0914. The summed E-state index contributed by atoms with van der Waals surface area (Å²) in [6.07, 6.45) is 2.98. The Balaban J connectivity index is 1.58. The molecule has 2 aromatic heterocycles. The lowest BCUT2D eigenvalue weighted by Crippen LogP contribution is -2.28. The molecule has 0 saturated heterocycles. The maximum atomic E-state index is 11.8. The van der Waals surface area contributed by atoms with Crippen LogP contribution in [0.25, 0.3) is 11.4 Å². The van der Waals surface area contributed by atoms with Crippen LogP contribution in [0.4, 0.5) is 0 Å². The highest BCUT2D eigenvalue weighted by Gasteiger charge is 2.10. The number of nitrogens with one attached hydrogen (secondary N) is 2. The summed E-state index contributed by atoms with van der Waals surface area (Å²) in [5, 5.41) is 9.30. The number of carbonyl (C=O) groups is 1. The normalized spacial score (nSPS) is 10.4. The van der Waals surface area contributed by atoms with Crippen molar-refractivity contribution >= 4 is 5.91 Å². The Kier molecular flexibility index (Phi) is 4.15. The van der Waals surface area contributed by atoms with E-state index in [-0.39, 0.29) is 12.5 Å². The fraction of sp³-hybridized carbons (Fsp3) is 0.133. The number of para-hydroxylation sites is 1. The van der Waals surface area contributed by atoms with E-state index in [0.717, 1.165) is 5.56 Å². The van der Waals surface area contributed by atoms with Gasteiger partial charge in [0.2, 0.25) is 0 Å². The Hall–Kier alpha value is -3.09. The summed E-state index contributed by atoms with van der Waals surface area (Å²) in [4.78, 5) is 15.9. The van der Waals surface area contributed by atoms with Crippen molar-refractivity contribution in [3.8, 4) is 17.1 Å². The monoisotopic (exact) mass is 298 g/mol. The zero-order valence-corrected chi connectivity index (χ0v) is 11.7. The fourth-order valence-electron chi connectivity index (χ4n) is 1.92. The Morgan fingerprint density at radius 2 is 2.18 bits per heavy atom. The van der Waals surface area contributed by atoms with Gasteiger partial charge < -0.3 is 14.5 Å². The van der Waals surface area contributed by atoms with Crippen molar-refractivity contribution in [1.82, 2.24) is 20.5 Å². The van der Waals surface area contributed by atoms with Crippen molar-refractivity contribution in [3.63, 3.8) is 0 Å². The molecule has 7 heteroatoms. The van der Waals surface area contributed by atoms with E-state index in [4.69, 9.17) is 9.15 Å². The molecule has 0 fully saturated rings. The van der Waals surface area contributed by atoms with Gasteiger partial charge >= 0.3 is 0 Å². The second-order valence-corrected chi connectivity index (χ2v) is 4.48. The summed E-state index contributed by atoms with van der Waals surface area (Å²) in [6, 6.07) is 10.9. The molecule has 2 heterocycles. The topological polar surface area (TPSA) is 93.0 Å². The van der Waals surface area contributed by atoms with E-state index in [0.29, 0.717) is 23.9 Å². The molecule has 0 bridgehead atoms. The Morgan fingerprint density at radius 1 is 1.27 bits per heavy atom. The van der Waals surface area contributed by atoms with Crippen molar-refractivity contribution in [2.24, 2.45) is 0 Å². The Morgan fingerprint density at radius 3 is 2.95 bits per heavy atom. The third-order valence-electron chi connectivity index (χ3n) is 2.96. The second kappa shape index (κ2) is 6.57. The minimum Gasteiger partial charge on any atom is -0.483 e. The predicted molar refractivity (Wildman–Crippen MR) is 77.9 cm³/mol. The number of aromatic nitrogens is 3. The van der Waals surface area contributed by atoms with Gasteiger partial charge in [-0.15, -0.1) is 0 Å². The Bertz CT molecular complexity index is 723. The van der Waals surface area contributed by atoms with Crippen molar-refractivity contribution < 1.29 is 13.9 Å². The SMILES string of the molecule is O=C(COc1ccccc1-c1ncn[nH]1)NCc1ccco1. The van der Waals surface area contributed by atoms with Gasteiger partial charge in [0.05, 0.1) is 18.4 Å². The van der Waals surface area contributed by atoms with E-state index in [1.807, 2.05) is 18.2 Å². The van der Waals surface area contributed by atoms with Gasteiger partial charge in [0.15, 0.2) is 12.4 Å². The number of carbonyl (C=O) groups excluding carboxylic acids is 1. The Labute approximate surface area is 126 Å². The molecular formula is C15H14N4O3. The standard InChI is InChI=1S/C15H14N4O3/c20-14(16-8-11-4-3-7-21-11)9-22-13-6-2-1-5-12(13)15-17-10-18-19-15/h1-7,10H,8-9H2,(H,16,20)(H,17,18,19). The van der Waals surface area contributed by atoms with E-state index in [9.17, 15) is 4.79 Å². The molecule has 112 valence electrons. The largest absolute Gasteiger partial charge is 0.483 e. The number of rotatable bonds is 6. The summed E-state index contributed by atoms with van der Waals surface area (Å²) >= 11 is 0. The molecule has 7 nitrogen and oxygen atoms in total. The summed E-state index contributed by atoms with van der Waals surface area (Å²) in [6.45, 7) is 0.241. The first-order chi connectivity index (χ1) is 10.8. The van der Waals surface area contributed by atoms with Gasteiger partial charge in [-0.2, -0.15) is 5.10 Å². The van der Waals surface area contributed by atoms with Gasteiger partial charge in [-0.1, -0.05) is 12.1 Å². The van der Waals surface area contributed by atoms with E-state index in [2.05, 4.69) is 20.5 Å². The number of H-pyrrole nitrogens is 1. The third-order valence-corrected chi connectivity index (χ3v) is 2.96. The molecule has 0 spiro atoms. The lowest BCUT2D eigenvalue weighted by Gasteiger charge is -2.09. The molecule has 2 N–H and O–H groups in total. The van der Waals surface area contributed by atoms with Crippen LogP contribution in [0.5, 0.6) is 5.75 Å². The van der Waals surface area contributed by atoms with Crippen LogP contribution >= 0.6 is 0 Å². The number of ether oxygens (including phenoxy) is 1. The highest BCUT2D eigenvalue weighted by atomic mass is 16.5. The molecule has 22 heavy (non-hydrogen) atoms. The zero-order valence-electron chi connectivity index (χ0n) is 11.7. The molecule has 0 aliphatic heterocycles. The molecule has 3 rings (SSSR count). The molecular weight excluding hydrogens is 284 g/mol. The molecule has 0 aliphatic carbocycles. The predicted octanol–water partition coefficient (Wildman–Crippen LogP) is 1.76. The number of amides is 1. The zero-order chi connectivity index (χ0) is 15.2. The van der Waals surface area contributed by atoms with Gasteiger partial charge in [0.25, 0.3) is 5.91 Å². The molecule has 0 radical (unpaired) electrons. The first-order valence-corrected chi connectivity index (χ1v) is 6.69. The summed E-state index contributed by atoms with van der Waals surface area (Å²) in [5.74, 6) is 1.61. The van der Waals surface area contributed by atoms with Gasteiger partial charge in [0.1, 0.15) is 17.8 Å². The van der Waals surface area contributed by atoms with Gasteiger partial charge in [-0.25, -0.2) is 4.98 Å².